The predicted octanol–water partition coefficient (Wildman–Crippen LogP) is 4.21. The van der Waals surface area contributed by atoms with E-state index in [2.05, 4.69) is 24.5 Å². The average Bonchev–Trinajstić information content (AvgIpc) is 2.65. The Morgan fingerprint density at radius 2 is 1.63 bits per heavy atom. The van der Waals surface area contributed by atoms with Crippen LogP contribution in [0.4, 0.5) is 5.69 Å². The molecule has 0 fully saturated rings. The molecule has 0 saturated carbocycles. The fraction of sp³-hybridized carbons (Fsp3) is 0.364. The highest BCUT2D eigenvalue weighted by molar-refractivity contribution is 6.01. The number of benzene rings is 2. The van der Waals surface area contributed by atoms with E-state index in [9.17, 15) is 9.59 Å². The van der Waals surface area contributed by atoms with Gasteiger partial charge in [0, 0.05) is 11.3 Å². The molecular weight excluding hydrogens is 340 g/mol. The van der Waals surface area contributed by atoms with Crippen LogP contribution in [0.2, 0.25) is 0 Å². The Morgan fingerprint density at radius 1 is 0.963 bits per heavy atom. The first-order valence-corrected chi connectivity index (χ1v) is 9.17. The molecule has 2 aromatic rings. The van der Waals surface area contributed by atoms with Crippen molar-refractivity contribution in [3.63, 3.8) is 0 Å². The van der Waals surface area contributed by atoms with E-state index in [4.69, 9.17) is 4.74 Å². The Labute approximate surface area is 161 Å². The number of amides is 2. The maximum atomic E-state index is 12.8. The lowest BCUT2D eigenvalue weighted by Crippen LogP contribution is -2.47. The van der Waals surface area contributed by atoms with E-state index in [1.165, 1.54) is 0 Å². The zero-order valence-electron chi connectivity index (χ0n) is 16.6. The molecule has 5 heteroatoms. The molecule has 2 rings (SSSR count). The number of nitrogens with one attached hydrogen (secondary N) is 2. The summed E-state index contributed by atoms with van der Waals surface area (Å²) in [6.07, 6.45) is 0. The number of anilines is 1. The molecule has 0 aliphatic carbocycles. The van der Waals surface area contributed by atoms with Gasteiger partial charge in [-0.25, -0.2) is 0 Å². The second kappa shape index (κ2) is 9.21. The van der Waals surface area contributed by atoms with E-state index in [-0.39, 0.29) is 17.7 Å². The second-order valence-electron chi connectivity index (χ2n) is 7.19. The summed E-state index contributed by atoms with van der Waals surface area (Å²) in [7, 11) is 1.57. The van der Waals surface area contributed by atoms with Gasteiger partial charge in [-0.1, -0.05) is 39.8 Å². The fourth-order valence-corrected chi connectivity index (χ4v) is 2.70. The average molecular weight is 368 g/mol. The van der Waals surface area contributed by atoms with Crippen molar-refractivity contribution in [2.24, 2.45) is 5.92 Å². The molecule has 0 aromatic heterocycles. The van der Waals surface area contributed by atoms with Crippen LogP contribution >= 0.6 is 0 Å². The maximum absolute atomic E-state index is 12.8. The number of hydrogen-bond acceptors (Lipinski definition) is 3. The number of ether oxygens (including phenoxy) is 1. The van der Waals surface area contributed by atoms with Crippen molar-refractivity contribution in [3.05, 3.63) is 59.7 Å². The smallest absolute Gasteiger partial charge is 0.251 e. The molecule has 0 radical (unpaired) electrons. The summed E-state index contributed by atoms with van der Waals surface area (Å²) in [6.45, 7) is 8.02. The van der Waals surface area contributed by atoms with Gasteiger partial charge in [-0.05, 0) is 53.8 Å². The van der Waals surface area contributed by atoms with Crippen LogP contribution in [0.3, 0.4) is 0 Å². The predicted molar refractivity (Wildman–Crippen MR) is 108 cm³/mol. The van der Waals surface area contributed by atoms with Crippen LogP contribution in [0.1, 0.15) is 49.5 Å². The minimum atomic E-state index is -0.637. The summed E-state index contributed by atoms with van der Waals surface area (Å²) in [5.74, 6) is 0.475. The monoisotopic (exact) mass is 368 g/mol. The summed E-state index contributed by atoms with van der Waals surface area (Å²) in [4.78, 5) is 25.3. The van der Waals surface area contributed by atoms with Crippen molar-refractivity contribution in [2.45, 2.75) is 39.7 Å². The Morgan fingerprint density at radius 3 is 2.19 bits per heavy atom. The molecule has 0 aliphatic heterocycles. The largest absolute Gasteiger partial charge is 0.497 e. The lowest BCUT2D eigenvalue weighted by Gasteiger charge is -2.22. The van der Waals surface area contributed by atoms with Gasteiger partial charge in [0.2, 0.25) is 5.91 Å². The quantitative estimate of drug-likeness (QED) is 0.769. The molecule has 2 aromatic carbocycles. The van der Waals surface area contributed by atoms with Crippen LogP contribution < -0.4 is 15.4 Å². The van der Waals surface area contributed by atoms with Crippen LogP contribution in [-0.2, 0) is 4.79 Å². The Kier molecular flexibility index (Phi) is 6.99. The Bertz CT molecular complexity index is 782. The molecule has 0 spiro atoms. The number of carbonyl (C=O) groups excluding carboxylic acids is 2. The molecule has 27 heavy (non-hydrogen) atoms. The molecule has 0 aliphatic rings. The zero-order valence-corrected chi connectivity index (χ0v) is 16.6. The maximum Gasteiger partial charge on any atom is 0.251 e. The van der Waals surface area contributed by atoms with Crippen LogP contribution in [0.15, 0.2) is 48.5 Å². The van der Waals surface area contributed by atoms with Gasteiger partial charge >= 0.3 is 0 Å². The molecule has 2 amide bonds. The molecule has 5 nitrogen and oxygen atoms in total. The third-order valence-electron chi connectivity index (χ3n) is 4.41. The van der Waals surface area contributed by atoms with Crippen molar-refractivity contribution < 1.29 is 14.3 Å². The summed E-state index contributed by atoms with van der Waals surface area (Å²) in [6, 6.07) is 13.9. The lowest BCUT2D eigenvalue weighted by molar-refractivity contribution is -0.118. The molecule has 144 valence electrons. The van der Waals surface area contributed by atoms with Crippen molar-refractivity contribution in [1.82, 2.24) is 5.32 Å². The van der Waals surface area contributed by atoms with Gasteiger partial charge in [0.25, 0.3) is 5.91 Å². The SMILES string of the molecule is COc1ccc(C(=O)N[C@H](C(=O)Nc2cccc(C(C)C)c2)C(C)C)cc1. The van der Waals surface area contributed by atoms with Gasteiger partial charge in [-0.15, -0.1) is 0 Å². The number of methoxy groups -OCH3 is 1. The molecule has 0 unspecified atom stereocenters. The Hall–Kier alpha value is -2.82. The number of hydrogen-bond donors (Lipinski definition) is 2. The summed E-state index contributed by atoms with van der Waals surface area (Å²) in [5.41, 5.74) is 2.36. The summed E-state index contributed by atoms with van der Waals surface area (Å²) in [5, 5.41) is 5.76. The summed E-state index contributed by atoms with van der Waals surface area (Å²) >= 11 is 0. The third kappa shape index (κ3) is 5.58. The normalized spacial score (nSPS) is 12.0. The third-order valence-corrected chi connectivity index (χ3v) is 4.41. The van der Waals surface area contributed by atoms with Crippen molar-refractivity contribution in [2.75, 3.05) is 12.4 Å². The van der Waals surface area contributed by atoms with Gasteiger partial charge in [0.15, 0.2) is 0 Å². The van der Waals surface area contributed by atoms with Crippen molar-refractivity contribution in [3.8, 4) is 5.75 Å². The number of carbonyl (C=O) groups is 2. The summed E-state index contributed by atoms with van der Waals surface area (Å²) < 4.78 is 5.10. The van der Waals surface area contributed by atoms with E-state index in [1.54, 1.807) is 31.4 Å². The lowest BCUT2D eigenvalue weighted by atomic mass is 10.0. The molecular formula is C22H28N2O3. The van der Waals surface area contributed by atoms with Crippen LogP contribution in [0.25, 0.3) is 0 Å². The molecule has 0 saturated heterocycles. The van der Waals surface area contributed by atoms with E-state index in [0.717, 1.165) is 11.3 Å². The van der Waals surface area contributed by atoms with Crippen LogP contribution in [0.5, 0.6) is 5.75 Å². The minimum absolute atomic E-state index is 0.0551. The first kappa shape index (κ1) is 20.5. The second-order valence-corrected chi connectivity index (χ2v) is 7.19. The van der Waals surface area contributed by atoms with Gasteiger partial charge in [0.1, 0.15) is 11.8 Å². The molecule has 2 N–H and O–H groups in total. The van der Waals surface area contributed by atoms with Crippen molar-refractivity contribution >= 4 is 17.5 Å². The molecule has 0 heterocycles. The van der Waals surface area contributed by atoms with E-state index >= 15 is 0 Å². The van der Waals surface area contributed by atoms with E-state index in [0.29, 0.717) is 17.2 Å². The zero-order chi connectivity index (χ0) is 20.0. The Balaban J connectivity index is 2.10. The van der Waals surface area contributed by atoms with Gasteiger partial charge in [-0.2, -0.15) is 0 Å². The highest BCUT2D eigenvalue weighted by atomic mass is 16.5. The number of rotatable bonds is 7. The van der Waals surface area contributed by atoms with Gasteiger partial charge in [0.05, 0.1) is 7.11 Å². The van der Waals surface area contributed by atoms with Gasteiger partial charge < -0.3 is 15.4 Å². The highest BCUT2D eigenvalue weighted by Gasteiger charge is 2.25. The van der Waals surface area contributed by atoms with Crippen LogP contribution in [0, 0.1) is 5.92 Å². The minimum Gasteiger partial charge on any atom is -0.497 e. The van der Waals surface area contributed by atoms with Crippen LogP contribution in [-0.4, -0.2) is 25.0 Å². The van der Waals surface area contributed by atoms with E-state index < -0.39 is 6.04 Å². The first-order chi connectivity index (χ1) is 12.8. The fourth-order valence-electron chi connectivity index (χ4n) is 2.70. The first-order valence-electron chi connectivity index (χ1n) is 9.17. The van der Waals surface area contributed by atoms with E-state index in [1.807, 2.05) is 38.1 Å². The van der Waals surface area contributed by atoms with Crippen molar-refractivity contribution in [1.29, 1.82) is 0 Å². The standard InChI is InChI=1S/C22H28N2O3/c1-14(2)17-7-6-8-18(13-17)23-22(26)20(15(3)4)24-21(25)16-9-11-19(27-5)12-10-16/h6-15,20H,1-5H3,(H,23,26)(H,24,25)/t20-/m0/s1. The highest BCUT2D eigenvalue weighted by Crippen LogP contribution is 2.19. The molecule has 1 atom stereocenters. The molecule has 0 bridgehead atoms. The topological polar surface area (TPSA) is 67.4 Å². The van der Waals surface area contributed by atoms with Gasteiger partial charge in [-0.3, -0.25) is 9.59 Å².